The smallest absolute Gasteiger partial charge is 0.748 e. The number of aliphatic imine (C=N–C) groups is 1. The molecule has 1 heterocycles. The minimum atomic E-state index is -4.52. The number of likely N-dealkylation sites (N-methyl/N-ethyl adjacent to an activating group) is 1. The van der Waals surface area contributed by atoms with E-state index < -0.39 is 22.0 Å². The standard InChI is InChI=1S/C24H30N4O5S.Na/c1-6-27(14-21(29)15-34(31,32)33)20-12-16(2)22(17(3)13-20)25-23-18(4)26(5)28(24(23)30)19-10-8-7-9-11-19;/h7-13,21,29H,6,14-15H2,1-5H3;/q;+1. The Labute approximate surface area is 228 Å². The van der Waals surface area contributed by atoms with Crippen LogP contribution in [0.3, 0.4) is 0 Å². The summed E-state index contributed by atoms with van der Waals surface area (Å²) in [7, 11) is -2.70. The first-order valence-corrected chi connectivity index (χ1v) is 12.5. The first-order chi connectivity index (χ1) is 15.9. The molecule has 0 aromatic heterocycles. The van der Waals surface area contributed by atoms with Crippen LogP contribution in [0.4, 0.5) is 17.1 Å². The fourth-order valence-corrected chi connectivity index (χ4v) is 4.62. The molecular weight excluding hydrogens is 479 g/mol. The van der Waals surface area contributed by atoms with Gasteiger partial charge in [-0.05, 0) is 56.2 Å². The van der Waals surface area contributed by atoms with Crippen LogP contribution < -0.4 is 39.5 Å². The summed E-state index contributed by atoms with van der Waals surface area (Å²) in [6.45, 7) is 8.01. The van der Waals surface area contributed by atoms with Crippen LogP contribution in [0.2, 0.25) is 0 Å². The number of nitrogens with zero attached hydrogens (tertiary/aromatic N) is 4. The zero-order chi connectivity index (χ0) is 25.2. The molecule has 1 N–H and O–H groups in total. The number of hydrazone groups is 1. The van der Waals surface area contributed by atoms with Gasteiger partial charge in [-0.25, -0.2) is 13.4 Å². The second kappa shape index (κ2) is 11.8. The zero-order valence-corrected chi connectivity index (χ0v) is 23.8. The second-order valence-electron chi connectivity index (χ2n) is 8.37. The van der Waals surface area contributed by atoms with Gasteiger partial charge in [0.1, 0.15) is 5.69 Å². The number of amides is 1. The number of hydrogen-bond acceptors (Lipinski definition) is 7. The Bertz CT molecular complexity index is 1240. The summed E-state index contributed by atoms with van der Waals surface area (Å²) in [4.78, 5) is 19.8. The fraction of sp³-hybridized carbons (Fsp3) is 0.375. The molecule has 0 aliphatic carbocycles. The van der Waals surface area contributed by atoms with Gasteiger partial charge in [0.05, 0.1) is 27.7 Å². The Balaban J connectivity index is 0.00000432. The average molecular weight is 510 g/mol. The van der Waals surface area contributed by atoms with Gasteiger partial charge in [-0.2, -0.15) is 0 Å². The average Bonchev–Trinajstić information content (AvgIpc) is 2.96. The number of anilines is 2. The van der Waals surface area contributed by atoms with E-state index in [9.17, 15) is 22.9 Å². The molecule has 1 atom stereocenters. The van der Waals surface area contributed by atoms with Crippen molar-refractivity contribution in [1.82, 2.24) is 0 Å². The maximum atomic E-state index is 13.2. The molecule has 35 heavy (non-hydrogen) atoms. The molecule has 2 aromatic rings. The molecule has 1 amide bonds. The maximum absolute atomic E-state index is 13.2. The molecule has 0 saturated heterocycles. The molecule has 182 valence electrons. The second-order valence-corrected chi connectivity index (χ2v) is 9.82. The van der Waals surface area contributed by atoms with Crippen molar-refractivity contribution in [3.05, 3.63) is 53.6 Å². The van der Waals surface area contributed by atoms with Crippen molar-refractivity contribution in [1.29, 1.82) is 0 Å². The quantitative estimate of drug-likeness (QED) is 0.282. The minimum Gasteiger partial charge on any atom is -0.748 e. The zero-order valence-electron chi connectivity index (χ0n) is 21.0. The summed E-state index contributed by atoms with van der Waals surface area (Å²) in [5, 5.41) is 11.6. The number of benzene rings is 2. The van der Waals surface area contributed by atoms with Crippen molar-refractivity contribution in [3.63, 3.8) is 0 Å². The fourth-order valence-electron chi connectivity index (χ4n) is 4.05. The number of para-hydroxylation sites is 1. The van der Waals surface area contributed by atoms with Crippen LogP contribution in [0.15, 0.2) is 47.5 Å². The third kappa shape index (κ3) is 6.78. The Kier molecular flexibility index (Phi) is 9.80. The van der Waals surface area contributed by atoms with Crippen molar-refractivity contribution >= 4 is 44.5 Å². The number of aliphatic hydroxyl groups excluding tert-OH is 1. The SMILES string of the molecule is CCN(CC(O)CS(=O)(=O)[O-])c1cc(C)c(N=C2C(=O)N(c3ccccc3)[N+](C)=C2C)c(C)c1.[Na+]. The first kappa shape index (κ1) is 29.2. The number of aryl methyl sites for hydroxylation is 2. The summed E-state index contributed by atoms with van der Waals surface area (Å²) >= 11 is 0. The molecule has 0 fully saturated rings. The van der Waals surface area contributed by atoms with Crippen molar-refractivity contribution in [2.45, 2.75) is 33.8 Å². The molecule has 3 rings (SSSR count). The van der Waals surface area contributed by atoms with Crippen LogP contribution in [0.25, 0.3) is 0 Å². The van der Waals surface area contributed by atoms with E-state index in [2.05, 4.69) is 0 Å². The monoisotopic (exact) mass is 509 g/mol. The summed E-state index contributed by atoms with van der Waals surface area (Å²) in [6, 6.07) is 13.1. The third-order valence-corrected chi connectivity index (χ3v) is 6.59. The van der Waals surface area contributed by atoms with Crippen molar-refractivity contribution in [3.8, 4) is 0 Å². The van der Waals surface area contributed by atoms with Crippen LogP contribution in [0.1, 0.15) is 25.0 Å². The summed E-state index contributed by atoms with van der Waals surface area (Å²) in [5.41, 5.74) is 4.93. The number of aliphatic hydroxyl groups is 1. The van der Waals surface area contributed by atoms with Gasteiger partial charge in [0, 0.05) is 25.7 Å². The largest absolute Gasteiger partial charge is 1.00 e. The topological polar surface area (TPSA) is 116 Å². The third-order valence-electron chi connectivity index (χ3n) is 5.80. The van der Waals surface area contributed by atoms with E-state index in [4.69, 9.17) is 4.99 Å². The van der Waals surface area contributed by atoms with Gasteiger partial charge < -0.3 is 14.6 Å². The van der Waals surface area contributed by atoms with E-state index in [1.54, 1.807) is 14.6 Å². The van der Waals surface area contributed by atoms with E-state index in [1.807, 2.05) is 77.2 Å². The molecule has 0 saturated carbocycles. The van der Waals surface area contributed by atoms with E-state index in [1.165, 1.54) is 0 Å². The van der Waals surface area contributed by atoms with Gasteiger partial charge >= 0.3 is 35.5 Å². The molecular formula is C24H30N4NaO5S+. The number of carbonyl (C=O) groups is 1. The van der Waals surface area contributed by atoms with Crippen LogP contribution in [0.5, 0.6) is 0 Å². The molecule has 1 aliphatic rings. The number of carbonyl (C=O) groups excluding carboxylic acids is 1. The van der Waals surface area contributed by atoms with Crippen LogP contribution in [-0.2, 0) is 14.9 Å². The molecule has 11 heteroatoms. The van der Waals surface area contributed by atoms with Crippen LogP contribution in [-0.4, -0.2) is 72.1 Å². The van der Waals surface area contributed by atoms with Gasteiger partial charge in [0.2, 0.25) is 11.4 Å². The van der Waals surface area contributed by atoms with Gasteiger partial charge in [0.15, 0.2) is 7.05 Å². The Morgan fingerprint density at radius 1 is 1.14 bits per heavy atom. The first-order valence-electron chi connectivity index (χ1n) is 11.0. The minimum absolute atomic E-state index is 0. The Hall–Kier alpha value is -2.08. The molecule has 1 aliphatic heterocycles. The predicted octanol–water partition coefficient (Wildman–Crippen LogP) is -0.823. The molecule has 0 radical (unpaired) electrons. The normalized spacial score (nSPS) is 16.0. The van der Waals surface area contributed by atoms with Gasteiger partial charge in [-0.3, -0.25) is 4.79 Å². The van der Waals surface area contributed by atoms with E-state index >= 15 is 0 Å². The Morgan fingerprint density at radius 2 is 1.71 bits per heavy atom. The molecule has 0 spiro atoms. The number of hydrazine groups is 1. The van der Waals surface area contributed by atoms with Gasteiger partial charge in [-0.1, -0.05) is 23.2 Å². The Morgan fingerprint density at radius 3 is 2.23 bits per heavy atom. The van der Waals surface area contributed by atoms with E-state index in [-0.39, 0.29) is 42.0 Å². The number of hydrogen-bond donors (Lipinski definition) is 1. The molecule has 9 nitrogen and oxygen atoms in total. The summed E-state index contributed by atoms with van der Waals surface area (Å²) < 4.78 is 34.7. The predicted molar refractivity (Wildman–Crippen MR) is 132 cm³/mol. The maximum Gasteiger partial charge on any atom is 1.00 e. The van der Waals surface area contributed by atoms with E-state index in [0.29, 0.717) is 17.9 Å². The van der Waals surface area contributed by atoms with Gasteiger partial charge in [0.25, 0.3) is 0 Å². The van der Waals surface area contributed by atoms with Crippen molar-refractivity contribution in [2.75, 3.05) is 35.8 Å². The van der Waals surface area contributed by atoms with Crippen molar-refractivity contribution < 1.29 is 57.1 Å². The molecule has 0 bridgehead atoms. The number of rotatable bonds is 8. The van der Waals surface area contributed by atoms with Crippen LogP contribution >= 0.6 is 0 Å². The molecule has 2 aromatic carbocycles. The summed E-state index contributed by atoms with van der Waals surface area (Å²) in [5.74, 6) is -1.05. The van der Waals surface area contributed by atoms with Crippen LogP contribution in [0, 0.1) is 13.8 Å². The van der Waals surface area contributed by atoms with E-state index in [0.717, 1.165) is 28.2 Å². The van der Waals surface area contributed by atoms with Crippen molar-refractivity contribution in [2.24, 2.45) is 4.99 Å². The molecule has 1 unspecified atom stereocenters. The van der Waals surface area contributed by atoms with Gasteiger partial charge in [-0.15, -0.1) is 4.68 Å². The summed E-state index contributed by atoms with van der Waals surface area (Å²) in [6.07, 6.45) is -1.30.